The highest BCUT2D eigenvalue weighted by molar-refractivity contribution is 7.11. The molecule has 1 rings (SSSR count). The van der Waals surface area contributed by atoms with Crippen LogP contribution in [0.5, 0.6) is 0 Å². The van der Waals surface area contributed by atoms with E-state index in [-0.39, 0.29) is 0 Å². The number of allylic oxidation sites excluding steroid dienone is 1. The van der Waals surface area contributed by atoms with Gasteiger partial charge in [-0.05, 0) is 29.5 Å². The van der Waals surface area contributed by atoms with Gasteiger partial charge in [-0.25, -0.2) is 0 Å². The minimum Gasteiger partial charge on any atom is -0.144 e. The Bertz CT molecular complexity index is 256. The second-order valence-corrected chi connectivity index (χ2v) is 3.20. The van der Waals surface area contributed by atoms with E-state index in [0.29, 0.717) is 0 Å². The number of thiophene rings is 1. The summed E-state index contributed by atoms with van der Waals surface area (Å²) in [6, 6.07) is 2.09. The average molecular weight is 164 g/mol. The molecule has 0 bridgehead atoms. The highest BCUT2D eigenvalue weighted by atomic mass is 32.1. The van der Waals surface area contributed by atoms with Crippen LogP contribution in [-0.4, -0.2) is 0 Å². The monoisotopic (exact) mass is 164 g/mol. The molecular formula is C10H12S. The Labute approximate surface area is 71.9 Å². The third-order valence-electron chi connectivity index (χ3n) is 1.45. The summed E-state index contributed by atoms with van der Waals surface area (Å²) in [4.78, 5) is 1.31. The van der Waals surface area contributed by atoms with Crippen LogP contribution in [0, 0.1) is 0 Å². The van der Waals surface area contributed by atoms with Crippen LogP contribution in [0.25, 0.3) is 12.2 Å². The molecule has 0 aliphatic heterocycles. The van der Waals surface area contributed by atoms with Crippen LogP contribution < -0.4 is 0 Å². The van der Waals surface area contributed by atoms with Crippen LogP contribution in [0.4, 0.5) is 0 Å². The van der Waals surface area contributed by atoms with Gasteiger partial charge in [0, 0.05) is 4.88 Å². The maximum atomic E-state index is 3.74. The molecule has 0 aliphatic rings. The van der Waals surface area contributed by atoms with E-state index in [1.807, 2.05) is 6.08 Å². The first-order valence-corrected chi connectivity index (χ1v) is 4.63. The van der Waals surface area contributed by atoms with Crippen molar-refractivity contribution in [2.24, 2.45) is 0 Å². The van der Waals surface area contributed by atoms with Crippen molar-refractivity contribution < 1.29 is 0 Å². The lowest BCUT2D eigenvalue weighted by Gasteiger charge is -1.88. The predicted octanol–water partition coefficient (Wildman–Crippen LogP) is 3.81. The van der Waals surface area contributed by atoms with Gasteiger partial charge in [-0.3, -0.25) is 0 Å². The summed E-state index contributed by atoms with van der Waals surface area (Å²) in [6.45, 7) is 5.88. The van der Waals surface area contributed by atoms with Crippen LogP contribution >= 0.6 is 11.3 Å². The van der Waals surface area contributed by atoms with Gasteiger partial charge in [0.2, 0.25) is 0 Å². The normalized spacial score (nSPS) is 10.6. The molecule has 0 aliphatic carbocycles. The zero-order valence-electron chi connectivity index (χ0n) is 6.71. The molecule has 1 heteroatoms. The van der Waals surface area contributed by atoms with E-state index < -0.39 is 0 Å². The summed E-state index contributed by atoms with van der Waals surface area (Å²) in [5.41, 5.74) is 1.24. The third kappa shape index (κ3) is 2.05. The Kier molecular flexibility index (Phi) is 3.12. The molecule has 0 spiro atoms. The molecule has 0 aromatic carbocycles. The zero-order chi connectivity index (χ0) is 8.10. The van der Waals surface area contributed by atoms with E-state index in [2.05, 4.69) is 37.1 Å². The minimum absolute atomic E-state index is 1.09. The largest absolute Gasteiger partial charge is 0.144 e. The van der Waals surface area contributed by atoms with Gasteiger partial charge in [-0.1, -0.05) is 25.7 Å². The van der Waals surface area contributed by atoms with Crippen LogP contribution in [0.3, 0.4) is 0 Å². The van der Waals surface area contributed by atoms with Crippen LogP contribution in [0.15, 0.2) is 24.1 Å². The summed E-state index contributed by atoms with van der Waals surface area (Å²) in [5, 5.41) is 2.09. The second kappa shape index (κ2) is 4.14. The SMILES string of the molecule is C=Cc1ccsc1/C=C\CC. The molecule has 0 fully saturated rings. The molecule has 0 saturated heterocycles. The lowest BCUT2D eigenvalue weighted by Crippen LogP contribution is -1.66. The summed E-state index contributed by atoms with van der Waals surface area (Å²) < 4.78 is 0. The fourth-order valence-corrected chi connectivity index (χ4v) is 1.68. The van der Waals surface area contributed by atoms with Crippen molar-refractivity contribution in [1.29, 1.82) is 0 Å². The number of rotatable bonds is 3. The molecule has 11 heavy (non-hydrogen) atoms. The van der Waals surface area contributed by atoms with Gasteiger partial charge in [-0.15, -0.1) is 11.3 Å². The molecule has 1 heterocycles. The molecule has 58 valence electrons. The van der Waals surface area contributed by atoms with E-state index in [1.54, 1.807) is 11.3 Å². The van der Waals surface area contributed by atoms with Gasteiger partial charge in [0.1, 0.15) is 0 Å². The highest BCUT2D eigenvalue weighted by Crippen LogP contribution is 2.19. The van der Waals surface area contributed by atoms with Gasteiger partial charge in [0.15, 0.2) is 0 Å². The van der Waals surface area contributed by atoms with E-state index in [1.165, 1.54) is 10.4 Å². The van der Waals surface area contributed by atoms with Crippen LogP contribution in [0.1, 0.15) is 23.8 Å². The van der Waals surface area contributed by atoms with Gasteiger partial charge >= 0.3 is 0 Å². The predicted molar refractivity (Wildman–Crippen MR) is 53.7 cm³/mol. The van der Waals surface area contributed by atoms with Crippen molar-refractivity contribution in [2.45, 2.75) is 13.3 Å². The van der Waals surface area contributed by atoms with E-state index in [4.69, 9.17) is 0 Å². The van der Waals surface area contributed by atoms with Crippen molar-refractivity contribution in [3.05, 3.63) is 34.5 Å². The molecule has 0 saturated carbocycles. The number of hydrogen-bond acceptors (Lipinski definition) is 1. The first-order valence-electron chi connectivity index (χ1n) is 3.75. The van der Waals surface area contributed by atoms with E-state index in [9.17, 15) is 0 Å². The first kappa shape index (κ1) is 8.28. The summed E-state index contributed by atoms with van der Waals surface area (Å²) in [7, 11) is 0. The summed E-state index contributed by atoms with van der Waals surface area (Å²) in [6.07, 6.45) is 7.31. The highest BCUT2D eigenvalue weighted by Gasteiger charge is 1.93. The Morgan fingerprint density at radius 3 is 3.09 bits per heavy atom. The van der Waals surface area contributed by atoms with Crippen LogP contribution in [0.2, 0.25) is 0 Å². The average Bonchev–Trinajstić information content (AvgIpc) is 2.47. The molecule has 0 atom stereocenters. The molecule has 1 aromatic heterocycles. The van der Waals surface area contributed by atoms with Crippen molar-refractivity contribution in [2.75, 3.05) is 0 Å². The van der Waals surface area contributed by atoms with Crippen molar-refractivity contribution >= 4 is 23.5 Å². The first-order chi connectivity index (χ1) is 5.38. The number of hydrogen-bond donors (Lipinski definition) is 0. The van der Waals surface area contributed by atoms with Crippen molar-refractivity contribution in [1.82, 2.24) is 0 Å². The van der Waals surface area contributed by atoms with Crippen molar-refractivity contribution in [3.63, 3.8) is 0 Å². The fraction of sp³-hybridized carbons (Fsp3) is 0.200. The molecule has 0 unspecified atom stereocenters. The minimum atomic E-state index is 1.09. The zero-order valence-corrected chi connectivity index (χ0v) is 7.53. The Morgan fingerprint density at radius 2 is 2.45 bits per heavy atom. The van der Waals surface area contributed by atoms with Gasteiger partial charge < -0.3 is 0 Å². The standard InChI is InChI=1S/C10H12S/c1-3-5-6-10-9(4-2)7-8-11-10/h4-8H,2-3H2,1H3/b6-5-. The Balaban J connectivity index is 2.84. The maximum absolute atomic E-state index is 3.74. The Hall–Kier alpha value is -0.820. The van der Waals surface area contributed by atoms with E-state index in [0.717, 1.165) is 6.42 Å². The quantitative estimate of drug-likeness (QED) is 0.637. The maximum Gasteiger partial charge on any atom is 0.0339 e. The topological polar surface area (TPSA) is 0 Å². The van der Waals surface area contributed by atoms with Gasteiger partial charge in [0.05, 0.1) is 0 Å². The third-order valence-corrected chi connectivity index (χ3v) is 2.35. The smallest absolute Gasteiger partial charge is 0.0339 e. The van der Waals surface area contributed by atoms with Crippen molar-refractivity contribution in [3.8, 4) is 0 Å². The van der Waals surface area contributed by atoms with E-state index >= 15 is 0 Å². The summed E-state index contributed by atoms with van der Waals surface area (Å²) >= 11 is 1.76. The lowest BCUT2D eigenvalue weighted by atomic mass is 10.2. The molecule has 1 aromatic rings. The van der Waals surface area contributed by atoms with Crippen LogP contribution in [-0.2, 0) is 0 Å². The summed E-state index contributed by atoms with van der Waals surface area (Å²) in [5.74, 6) is 0. The molecule has 0 amide bonds. The second-order valence-electron chi connectivity index (χ2n) is 2.25. The fourth-order valence-electron chi connectivity index (χ4n) is 0.860. The Morgan fingerprint density at radius 1 is 1.64 bits per heavy atom. The molecular weight excluding hydrogens is 152 g/mol. The van der Waals surface area contributed by atoms with Gasteiger partial charge in [-0.2, -0.15) is 0 Å². The lowest BCUT2D eigenvalue weighted by molar-refractivity contribution is 1.23. The molecule has 0 radical (unpaired) electrons. The van der Waals surface area contributed by atoms with Gasteiger partial charge in [0.25, 0.3) is 0 Å². The molecule has 0 nitrogen and oxygen atoms in total. The molecule has 0 N–H and O–H groups in total.